The molecule has 1 fully saturated rings. The maximum absolute atomic E-state index is 13.2. The zero-order valence-electron chi connectivity index (χ0n) is 17.4. The van der Waals surface area contributed by atoms with Gasteiger partial charge < -0.3 is 10.6 Å². The monoisotopic (exact) mass is 412 g/mol. The van der Waals surface area contributed by atoms with Crippen molar-refractivity contribution < 1.29 is 14.0 Å². The van der Waals surface area contributed by atoms with E-state index in [0.717, 1.165) is 19.5 Å². The van der Waals surface area contributed by atoms with E-state index >= 15 is 0 Å². The second-order valence-corrected chi connectivity index (χ2v) is 7.64. The van der Waals surface area contributed by atoms with E-state index in [-0.39, 0.29) is 24.2 Å². The Morgan fingerprint density at radius 1 is 0.933 bits per heavy atom. The molecule has 0 aliphatic carbocycles. The Labute approximate surface area is 177 Å². The number of halogens is 1. The molecule has 0 spiro atoms. The highest BCUT2D eigenvalue weighted by atomic mass is 19.1. The first-order valence-electron chi connectivity index (χ1n) is 10.3. The molecule has 0 saturated carbocycles. The lowest BCUT2D eigenvalue weighted by molar-refractivity contribution is -0.123. The number of carbonyl (C=O) groups excluding carboxylic acids is 2. The summed E-state index contributed by atoms with van der Waals surface area (Å²) in [7, 11) is 0. The highest BCUT2D eigenvalue weighted by Crippen LogP contribution is 2.10. The van der Waals surface area contributed by atoms with Gasteiger partial charge in [0, 0.05) is 38.4 Å². The number of benzene rings is 2. The van der Waals surface area contributed by atoms with Crippen LogP contribution >= 0.6 is 0 Å². The molecule has 0 bridgehead atoms. The summed E-state index contributed by atoms with van der Waals surface area (Å²) in [6.07, 6.45) is 0.826. The third-order valence-electron chi connectivity index (χ3n) is 5.29. The number of carbonyl (C=O) groups is 2. The van der Waals surface area contributed by atoms with E-state index in [9.17, 15) is 14.0 Å². The lowest BCUT2D eigenvalue weighted by Crippen LogP contribution is -2.51. The Morgan fingerprint density at radius 3 is 2.27 bits per heavy atom. The van der Waals surface area contributed by atoms with Crippen molar-refractivity contribution in [2.24, 2.45) is 0 Å². The molecule has 2 amide bonds. The summed E-state index contributed by atoms with van der Waals surface area (Å²) >= 11 is 0. The van der Waals surface area contributed by atoms with E-state index < -0.39 is 0 Å². The number of nitrogens with one attached hydrogen (secondary N) is 2. The van der Waals surface area contributed by atoms with Crippen LogP contribution in [0.2, 0.25) is 0 Å². The first-order valence-corrected chi connectivity index (χ1v) is 10.3. The van der Waals surface area contributed by atoms with Gasteiger partial charge in [0.1, 0.15) is 5.82 Å². The van der Waals surface area contributed by atoms with Crippen molar-refractivity contribution in [3.05, 3.63) is 65.5 Å². The van der Waals surface area contributed by atoms with Crippen LogP contribution in [0, 0.1) is 12.7 Å². The van der Waals surface area contributed by atoms with Crippen LogP contribution in [0.4, 0.5) is 10.1 Å². The Hall–Kier alpha value is -2.77. The van der Waals surface area contributed by atoms with Crippen LogP contribution < -0.4 is 10.6 Å². The SMILES string of the molecule is Cc1ccccc1CCNC(=O)CN1CCN(CC(=O)Nc2cccc(F)c2)CC1. The molecule has 2 aromatic carbocycles. The van der Waals surface area contributed by atoms with Gasteiger partial charge >= 0.3 is 0 Å². The average molecular weight is 413 g/mol. The third-order valence-corrected chi connectivity index (χ3v) is 5.29. The molecule has 2 aromatic rings. The van der Waals surface area contributed by atoms with Gasteiger partial charge in [0.2, 0.25) is 11.8 Å². The van der Waals surface area contributed by atoms with Crippen molar-refractivity contribution in [1.29, 1.82) is 0 Å². The molecule has 0 radical (unpaired) electrons. The smallest absolute Gasteiger partial charge is 0.238 e. The Kier molecular flexibility index (Phi) is 7.93. The molecule has 0 unspecified atom stereocenters. The number of nitrogens with zero attached hydrogens (tertiary/aromatic N) is 2. The number of hydrogen-bond acceptors (Lipinski definition) is 4. The normalized spacial score (nSPS) is 15.0. The van der Waals surface area contributed by atoms with Gasteiger partial charge in [-0.1, -0.05) is 30.3 Å². The molecular weight excluding hydrogens is 383 g/mol. The summed E-state index contributed by atoms with van der Waals surface area (Å²) in [4.78, 5) is 28.5. The molecule has 2 N–H and O–H groups in total. The van der Waals surface area contributed by atoms with Gasteiger partial charge in [0.05, 0.1) is 13.1 Å². The van der Waals surface area contributed by atoms with Gasteiger partial charge in [-0.05, 0) is 42.7 Å². The first kappa shape index (κ1) is 21.9. The van der Waals surface area contributed by atoms with Crippen LogP contribution in [0.15, 0.2) is 48.5 Å². The number of amides is 2. The van der Waals surface area contributed by atoms with Crippen LogP contribution in [-0.2, 0) is 16.0 Å². The summed E-state index contributed by atoms with van der Waals surface area (Å²) in [6.45, 7) is 6.24. The fraction of sp³-hybridized carbons (Fsp3) is 0.391. The maximum Gasteiger partial charge on any atom is 0.238 e. The molecule has 30 heavy (non-hydrogen) atoms. The summed E-state index contributed by atoms with van der Waals surface area (Å²) in [5.74, 6) is -0.512. The van der Waals surface area contributed by atoms with E-state index in [0.29, 0.717) is 31.9 Å². The summed E-state index contributed by atoms with van der Waals surface area (Å²) < 4.78 is 13.2. The minimum Gasteiger partial charge on any atom is -0.355 e. The van der Waals surface area contributed by atoms with E-state index in [2.05, 4.69) is 34.6 Å². The first-order chi connectivity index (χ1) is 14.5. The molecule has 160 valence electrons. The van der Waals surface area contributed by atoms with Gasteiger partial charge in [-0.15, -0.1) is 0 Å². The molecular formula is C23H29FN4O2. The fourth-order valence-electron chi connectivity index (χ4n) is 3.56. The second kappa shape index (κ2) is 10.8. The van der Waals surface area contributed by atoms with Crippen LogP contribution in [0.1, 0.15) is 11.1 Å². The van der Waals surface area contributed by atoms with E-state index in [1.165, 1.54) is 23.3 Å². The fourth-order valence-corrected chi connectivity index (χ4v) is 3.56. The number of anilines is 1. The van der Waals surface area contributed by atoms with Crippen molar-refractivity contribution in [1.82, 2.24) is 15.1 Å². The topological polar surface area (TPSA) is 64.7 Å². The van der Waals surface area contributed by atoms with Crippen LogP contribution in [-0.4, -0.2) is 67.4 Å². The van der Waals surface area contributed by atoms with Gasteiger partial charge in [-0.3, -0.25) is 19.4 Å². The molecule has 1 heterocycles. The summed E-state index contributed by atoms with van der Waals surface area (Å²) in [5.41, 5.74) is 2.95. The standard InChI is InChI=1S/C23H29FN4O2/c1-18-5-2-3-6-19(18)9-10-25-22(29)16-27-11-13-28(14-12-27)17-23(30)26-21-8-4-7-20(24)15-21/h2-8,15H,9-14,16-17H2,1H3,(H,25,29)(H,26,30). The van der Waals surface area contributed by atoms with Gasteiger partial charge in [-0.25, -0.2) is 4.39 Å². The molecule has 1 aliphatic rings. The molecule has 7 heteroatoms. The second-order valence-electron chi connectivity index (χ2n) is 7.64. The van der Waals surface area contributed by atoms with Crippen molar-refractivity contribution in [2.75, 3.05) is 51.1 Å². The highest BCUT2D eigenvalue weighted by Gasteiger charge is 2.20. The third kappa shape index (κ3) is 6.93. The number of rotatable bonds is 8. The zero-order chi connectivity index (χ0) is 21.3. The Morgan fingerprint density at radius 2 is 1.60 bits per heavy atom. The number of piperazine rings is 1. The van der Waals surface area contributed by atoms with Crippen LogP contribution in [0.5, 0.6) is 0 Å². The lowest BCUT2D eigenvalue weighted by Gasteiger charge is -2.33. The Bertz CT molecular complexity index is 866. The molecule has 1 aliphatic heterocycles. The van der Waals surface area contributed by atoms with Crippen LogP contribution in [0.25, 0.3) is 0 Å². The lowest BCUT2D eigenvalue weighted by atomic mass is 10.1. The average Bonchev–Trinajstić information content (AvgIpc) is 2.71. The quantitative estimate of drug-likeness (QED) is 0.697. The zero-order valence-corrected chi connectivity index (χ0v) is 17.4. The molecule has 6 nitrogen and oxygen atoms in total. The summed E-state index contributed by atoms with van der Waals surface area (Å²) in [5, 5.41) is 5.71. The van der Waals surface area contributed by atoms with Gasteiger partial charge in [-0.2, -0.15) is 0 Å². The van der Waals surface area contributed by atoms with Crippen molar-refractivity contribution in [3.8, 4) is 0 Å². The highest BCUT2D eigenvalue weighted by molar-refractivity contribution is 5.92. The van der Waals surface area contributed by atoms with E-state index in [1.807, 2.05) is 17.0 Å². The van der Waals surface area contributed by atoms with Crippen molar-refractivity contribution >= 4 is 17.5 Å². The summed E-state index contributed by atoms with van der Waals surface area (Å²) in [6, 6.07) is 14.1. The molecule has 0 aromatic heterocycles. The van der Waals surface area contributed by atoms with Gasteiger partial charge in [0.25, 0.3) is 0 Å². The number of aryl methyl sites for hydroxylation is 1. The maximum atomic E-state index is 13.2. The molecule has 0 atom stereocenters. The predicted molar refractivity (Wildman–Crippen MR) is 116 cm³/mol. The Balaban J connectivity index is 1.32. The minimum absolute atomic E-state index is 0.0286. The molecule has 1 saturated heterocycles. The largest absolute Gasteiger partial charge is 0.355 e. The van der Waals surface area contributed by atoms with Crippen molar-refractivity contribution in [2.45, 2.75) is 13.3 Å². The molecule has 3 rings (SSSR count). The number of hydrogen-bond donors (Lipinski definition) is 2. The predicted octanol–water partition coefficient (Wildman–Crippen LogP) is 2.05. The van der Waals surface area contributed by atoms with E-state index in [1.54, 1.807) is 12.1 Å². The van der Waals surface area contributed by atoms with E-state index in [4.69, 9.17) is 0 Å². The minimum atomic E-state index is -0.376. The van der Waals surface area contributed by atoms with Crippen LogP contribution in [0.3, 0.4) is 0 Å². The van der Waals surface area contributed by atoms with Gasteiger partial charge in [0.15, 0.2) is 0 Å². The van der Waals surface area contributed by atoms with Crippen molar-refractivity contribution in [3.63, 3.8) is 0 Å².